The Morgan fingerprint density at radius 3 is 2.45 bits per heavy atom. The third-order valence-corrected chi connectivity index (χ3v) is 3.92. The van der Waals surface area contributed by atoms with E-state index in [0.717, 1.165) is 31.9 Å². The van der Waals surface area contributed by atoms with Crippen molar-refractivity contribution in [3.63, 3.8) is 0 Å². The number of aromatic nitrogens is 1. The van der Waals surface area contributed by atoms with E-state index < -0.39 is 0 Å². The van der Waals surface area contributed by atoms with Crippen LogP contribution in [0.4, 0.5) is 11.4 Å². The number of piperazine rings is 1. The molecular weight excluding hydrogens is 276 g/mol. The van der Waals surface area contributed by atoms with E-state index in [1.807, 2.05) is 12.1 Å². The van der Waals surface area contributed by atoms with Gasteiger partial charge in [0.2, 0.25) is 0 Å². The Kier molecular flexibility index (Phi) is 4.34. The summed E-state index contributed by atoms with van der Waals surface area (Å²) in [7, 11) is 2.15. The lowest BCUT2D eigenvalue weighted by molar-refractivity contribution is 0.102. The first kappa shape index (κ1) is 14.5. The third-order valence-electron chi connectivity index (χ3n) is 3.92. The lowest BCUT2D eigenvalue weighted by Gasteiger charge is -2.34. The van der Waals surface area contributed by atoms with Gasteiger partial charge >= 0.3 is 0 Å². The van der Waals surface area contributed by atoms with E-state index >= 15 is 0 Å². The lowest BCUT2D eigenvalue weighted by atomic mass is 10.2. The Balaban J connectivity index is 1.63. The van der Waals surface area contributed by atoms with Crippen LogP contribution in [-0.2, 0) is 0 Å². The van der Waals surface area contributed by atoms with Gasteiger partial charge < -0.3 is 15.1 Å². The van der Waals surface area contributed by atoms with E-state index in [0.29, 0.717) is 5.56 Å². The number of carbonyl (C=O) groups excluding carboxylic acids is 1. The number of pyridine rings is 1. The zero-order valence-corrected chi connectivity index (χ0v) is 12.7. The molecular formula is C17H20N4O. The normalized spacial score (nSPS) is 15.6. The highest BCUT2D eigenvalue weighted by Gasteiger charge is 2.14. The molecule has 1 aliphatic rings. The molecule has 0 spiro atoms. The molecule has 5 nitrogen and oxygen atoms in total. The highest BCUT2D eigenvalue weighted by molar-refractivity contribution is 6.04. The summed E-state index contributed by atoms with van der Waals surface area (Å²) in [4.78, 5) is 20.7. The van der Waals surface area contributed by atoms with Crippen molar-refractivity contribution in [3.8, 4) is 0 Å². The topological polar surface area (TPSA) is 48.5 Å². The monoisotopic (exact) mass is 296 g/mol. The molecule has 1 aromatic heterocycles. The van der Waals surface area contributed by atoms with Gasteiger partial charge in [0.05, 0.1) is 5.56 Å². The molecule has 1 N–H and O–H groups in total. The maximum absolute atomic E-state index is 12.1. The number of anilines is 2. The van der Waals surface area contributed by atoms with Crippen LogP contribution in [0.25, 0.3) is 0 Å². The first-order valence-corrected chi connectivity index (χ1v) is 7.47. The molecule has 0 bridgehead atoms. The first-order valence-electron chi connectivity index (χ1n) is 7.47. The van der Waals surface area contributed by atoms with E-state index in [-0.39, 0.29) is 5.91 Å². The minimum absolute atomic E-state index is 0.138. The Morgan fingerprint density at radius 2 is 1.82 bits per heavy atom. The van der Waals surface area contributed by atoms with Crippen molar-refractivity contribution < 1.29 is 4.79 Å². The summed E-state index contributed by atoms with van der Waals surface area (Å²) < 4.78 is 0. The van der Waals surface area contributed by atoms with E-state index in [1.54, 1.807) is 24.5 Å². The van der Waals surface area contributed by atoms with Gasteiger partial charge in [-0.3, -0.25) is 9.78 Å². The molecule has 0 atom stereocenters. The number of carbonyl (C=O) groups is 1. The SMILES string of the molecule is CN1CCN(c2ccc(NC(=O)c3cccnc3)cc2)CC1. The highest BCUT2D eigenvalue weighted by atomic mass is 16.1. The Hall–Kier alpha value is -2.40. The second-order valence-electron chi connectivity index (χ2n) is 5.53. The van der Waals surface area contributed by atoms with Crippen LogP contribution in [0.3, 0.4) is 0 Å². The largest absolute Gasteiger partial charge is 0.369 e. The summed E-state index contributed by atoms with van der Waals surface area (Å²) in [6, 6.07) is 11.5. The molecule has 1 fully saturated rings. The summed E-state index contributed by atoms with van der Waals surface area (Å²) in [5, 5.41) is 2.89. The van der Waals surface area contributed by atoms with Crippen LogP contribution < -0.4 is 10.2 Å². The highest BCUT2D eigenvalue weighted by Crippen LogP contribution is 2.19. The number of benzene rings is 1. The second-order valence-corrected chi connectivity index (χ2v) is 5.53. The third kappa shape index (κ3) is 3.43. The molecule has 0 saturated carbocycles. The average Bonchev–Trinajstić information content (AvgIpc) is 2.57. The summed E-state index contributed by atoms with van der Waals surface area (Å²) in [6.07, 6.45) is 3.22. The first-order chi connectivity index (χ1) is 10.7. The molecule has 0 unspecified atom stereocenters. The molecule has 5 heteroatoms. The van der Waals surface area contributed by atoms with Gasteiger partial charge in [0.1, 0.15) is 0 Å². The second kappa shape index (κ2) is 6.58. The van der Waals surface area contributed by atoms with Crippen LogP contribution in [-0.4, -0.2) is 49.0 Å². The molecule has 1 aliphatic heterocycles. The van der Waals surface area contributed by atoms with Crippen molar-refractivity contribution in [1.82, 2.24) is 9.88 Å². The maximum atomic E-state index is 12.1. The standard InChI is InChI=1S/C17H20N4O/c1-20-9-11-21(12-10-20)16-6-4-15(5-7-16)19-17(22)14-3-2-8-18-13-14/h2-8,13H,9-12H2,1H3,(H,19,22). The van der Waals surface area contributed by atoms with Gasteiger partial charge in [-0.1, -0.05) is 0 Å². The van der Waals surface area contributed by atoms with Gasteiger partial charge in [0.15, 0.2) is 0 Å². The molecule has 114 valence electrons. The molecule has 3 rings (SSSR count). The molecule has 22 heavy (non-hydrogen) atoms. The van der Waals surface area contributed by atoms with Crippen molar-refractivity contribution in [2.75, 3.05) is 43.4 Å². The van der Waals surface area contributed by atoms with Crippen LogP contribution in [0.5, 0.6) is 0 Å². The molecule has 0 aliphatic carbocycles. The Labute approximate surface area is 130 Å². The van der Waals surface area contributed by atoms with E-state index in [9.17, 15) is 4.79 Å². The number of hydrogen-bond donors (Lipinski definition) is 1. The Bertz CT molecular complexity index is 619. The van der Waals surface area contributed by atoms with E-state index in [4.69, 9.17) is 0 Å². The number of nitrogens with one attached hydrogen (secondary N) is 1. The zero-order chi connectivity index (χ0) is 15.4. The summed E-state index contributed by atoms with van der Waals surface area (Å²) >= 11 is 0. The number of hydrogen-bond acceptors (Lipinski definition) is 4. The van der Waals surface area contributed by atoms with Crippen LogP contribution in [0, 0.1) is 0 Å². The van der Waals surface area contributed by atoms with Crippen molar-refractivity contribution in [3.05, 3.63) is 54.4 Å². The van der Waals surface area contributed by atoms with Crippen LogP contribution in [0.15, 0.2) is 48.8 Å². The quantitative estimate of drug-likeness (QED) is 0.942. The summed E-state index contributed by atoms with van der Waals surface area (Å²) in [6.45, 7) is 4.24. The van der Waals surface area contributed by atoms with Gasteiger partial charge in [-0.25, -0.2) is 0 Å². The fourth-order valence-electron chi connectivity index (χ4n) is 2.52. The van der Waals surface area contributed by atoms with Gasteiger partial charge in [0.25, 0.3) is 5.91 Å². The number of nitrogens with zero attached hydrogens (tertiary/aromatic N) is 3. The van der Waals surface area contributed by atoms with Crippen molar-refractivity contribution in [1.29, 1.82) is 0 Å². The summed E-state index contributed by atoms with van der Waals surface area (Å²) in [5.74, 6) is -0.138. The van der Waals surface area contributed by atoms with E-state index in [1.165, 1.54) is 5.69 Å². The fourth-order valence-corrected chi connectivity index (χ4v) is 2.52. The predicted octanol–water partition coefficient (Wildman–Crippen LogP) is 2.09. The number of rotatable bonds is 3. The van der Waals surface area contributed by atoms with E-state index in [2.05, 4.69) is 39.3 Å². The smallest absolute Gasteiger partial charge is 0.257 e. The predicted molar refractivity (Wildman–Crippen MR) is 88.3 cm³/mol. The average molecular weight is 296 g/mol. The van der Waals surface area contributed by atoms with Crippen molar-refractivity contribution >= 4 is 17.3 Å². The minimum Gasteiger partial charge on any atom is -0.369 e. The van der Waals surface area contributed by atoms with Crippen LogP contribution in [0.1, 0.15) is 10.4 Å². The fraction of sp³-hybridized carbons (Fsp3) is 0.294. The van der Waals surface area contributed by atoms with Gasteiger partial charge in [0, 0.05) is 49.9 Å². The van der Waals surface area contributed by atoms with Gasteiger partial charge in [-0.15, -0.1) is 0 Å². The lowest BCUT2D eigenvalue weighted by Crippen LogP contribution is -2.44. The van der Waals surface area contributed by atoms with Crippen molar-refractivity contribution in [2.45, 2.75) is 0 Å². The number of likely N-dealkylation sites (N-methyl/N-ethyl adjacent to an activating group) is 1. The molecule has 0 radical (unpaired) electrons. The maximum Gasteiger partial charge on any atom is 0.257 e. The summed E-state index contributed by atoms with van der Waals surface area (Å²) in [5.41, 5.74) is 2.56. The number of amides is 1. The Morgan fingerprint density at radius 1 is 1.09 bits per heavy atom. The molecule has 2 aromatic rings. The molecule has 1 aromatic carbocycles. The molecule has 1 saturated heterocycles. The zero-order valence-electron chi connectivity index (χ0n) is 12.7. The van der Waals surface area contributed by atoms with Gasteiger partial charge in [-0.05, 0) is 43.4 Å². The van der Waals surface area contributed by atoms with Crippen molar-refractivity contribution in [2.24, 2.45) is 0 Å². The molecule has 2 heterocycles. The van der Waals surface area contributed by atoms with Crippen LogP contribution in [0.2, 0.25) is 0 Å². The minimum atomic E-state index is -0.138. The van der Waals surface area contributed by atoms with Gasteiger partial charge in [-0.2, -0.15) is 0 Å². The van der Waals surface area contributed by atoms with Crippen LogP contribution >= 0.6 is 0 Å². The molecule has 1 amide bonds.